The Bertz CT molecular complexity index is 664. The van der Waals surface area contributed by atoms with Crippen molar-refractivity contribution in [1.82, 2.24) is 10.3 Å². The lowest BCUT2D eigenvalue weighted by Crippen LogP contribution is -2.35. The van der Waals surface area contributed by atoms with Gasteiger partial charge in [0.05, 0.1) is 12.5 Å². The molecule has 0 fully saturated rings. The molecule has 22 heavy (non-hydrogen) atoms. The Morgan fingerprint density at radius 3 is 2.55 bits per heavy atom. The summed E-state index contributed by atoms with van der Waals surface area (Å²) in [5, 5.41) is 5.63. The molecule has 3 amide bonds. The van der Waals surface area contributed by atoms with Crippen molar-refractivity contribution in [1.29, 1.82) is 0 Å². The number of aromatic nitrogens is 1. The third-order valence-electron chi connectivity index (χ3n) is 2.92. The summed E-state index contributed by atoms with van der Waals surface area (Å²) >= 11 is 6.11. The number of hydrogen-bond acceptors (Lipinski definition) is 3. The topological polar surface area (TPSA) is 97.1 Å². The molecule has 6 nitrogen and oxygen atoms in total. The monoisotopic (exact) mass is 318 g/mol. The molecule has 1 aromatic heterocycles. The van der Waals surface area contributed by atoms with Gasteiger partial charge in [-0.25, -0.2) is 9.78 Å². The zero-order valence-corrected chi connectivity index (χ0v) is 12.4. The number of amides is 3. The lowest BCUT2D eigenvalue weighted by molar-refractivity contribution is -0.116. The average molecular weight is 319 g/mol. The smallest absolute Gasteiger partial charge is 0.312 e. The molecular weight excluding hydrogens is 304 g/mol. The summed E-state index contributed by atoms with van der Waals surface area (Å²) in [7, 11) is 0. The van der Waals surface area contributed by atoms with Gasteiger partial charge < -0.3 is 16.4 Å². The van der Waals surface area contributed by atoms with Crippen molar-refractivity contribution in [3.63, 3.8) is 0 Å². The number of urea groups is 1. The van der Waals surface area contributed by atoms with Crippen LogP contribution in [-0.2, 0) is 4.79 Å². The fourth-order valence-electron chi connectivity index (χ4n) is 1.98. The molecule has 1 atom stereocenters. The summed E-state index contributed by atoms with van der Waals surface area (Å²) in [4.78, 5) is 27.3. The molecule has 0 saturated heterocycles. The number of halogens is 1. The lowest BCUT2D eigenvalue weighted by atomic mass is 10.0. The maximum absolute atomic E-state index is 12.1. The van der Waals surface area contributed by atoms with E-state index in [0.29, 0.717) is 16.4 Å². The van der Waals surface area contributed by atoms with Crippen molar-refractivity contribution < 1.29 is 9.59 Å². The van der Waals surface area contributed by atoms with Crippen molar-refractivity contribution in [2.24, 2.45) is 5.73 Å². The highest BCUT2D eigenvalue weighted by Gasteiger charge is 2.19. The molecule has 1 aromatic carbocycles. The Hall–Kier alpha value is -2.60. The molecule has 2 aromatic rings. The molecule has 7 heteroatoms. The van der Waals surface area contributed by atoms with E-state index in [4.69, 9.17) is 17.3 Å². The van der Waals surface area contributed by atoms with E-state index < -0.39 is 12.1 Å². The summed E-state index contributed by atoms with van der Waals surface area (Å²) in [5.74, 6) is 0.127. The Labute approximate surface area is 132 Å². The second-order valence-electron chi connectivity index (χ2n) is 4.55. The van der Waals surface area contributed by atoms with Gasteiger partial charge in [-0.15, -0.1) is 0 Å². The molecular formula is C15H15ClN4O2. The number of rotatable bonds is 5. The molecule has 0 saturated carbocycles. The first-order chi connectivity index (χ1) is 10.6. The first-order valence-electron chi connectivity index (χ1n) is 6.57. The number of nitrogens with zero attached hydrogens (tertiary/aromatic N) is 1. The molecule has 0 radical (unpaired) electrons. The summed E-state index contributed by atoms with van der Waals surface area (Å²) in [6.45, 7) is 0. The van der Waals surface area contributed by atoms with Gasteiger partial charge in [0.2, 0.25) is 5.91 Å². The Morgan fingerprint density at radius 2 is 1.91 bits per heavy atom. The highest BCUT2D eigenvalue weighted by molar-refractivity contribution is 6.31. The van der Waals surface area contributed by atoms with E-state index in [1.807, 2.05) is 0 Å². The second kappa shape index (κ2) is 7.42. The number of carbonyl (C=O) groups is 2. The van der Waals surface area contributed by atoms with E-state index in [0.717, 1.165) is 0 Å². The lowest BCUT2D eigenvalue weighted by Gasteiger charge is -2.18. The summed E-state index contributed by atoms with van der Waals surface area (Å²) in [5.41, 5.74) is 5.80. The number of nitrogens with two attached hydrogens (primary N) is 1. The fraction of sp³-hybridized carbons (Fsp3) is 0.133. The summed E-state index contributed by atoms with van der Waals surface area (Å²) in [6.07, 6.45) is 1.56. The van der Waals surface area contributed by atoms with Gasteiger partial charge >= 0.3 is 6.03 Å². The molecule has 1 heterocycles. The van der Waals surface area contributed by atoms with E-state index in [1.54, 1.807) is 48.7 Å². The van der Waals surface area contributed by atoms with Crippen molar-refractivity contribution in [2.75, 3.05) is 5.32 Å². The van der Waals surface area contributed by atoms with Crippen LogP contribution in [0.25, 0.3) is 0 Å². The van der Waals surface area contributed by atoms with Crippen LogP contribution >= 0.6 is 11.6 Å². The molecule has 4 N–H and O–H groups in total. The first-order valence-corrected chi connectivity index (χ1v) is 6.95. The SMILES string of the molecule is NC(=O)NC(CC(=O)Nc1ccccn1)c1ccccc1Cl. The van der Waals surface area contributed by atoms with Gasteiger partial charge in [-0.1, -0.05) is 35.9 Å². The summed E-state index contributed by atoms with van der Waals surface area (Å²) < 4.78 is 0. The molecule has 0 spiro atoms. The normalized spacial score (nSPS) is 11.5. The quantitative estimate of drug-likeness (QED) is 0.790. The van der Waals surface area contributed by atoms with E-state index in [9.17, 15) is 9.59 Å². The standard InChI is InChI=1S/C15H15ClN4O2/c16-11-6-2-1-5-10(11)12(19-15(17)22)9-14(21)20-13-7-3-4-8-18-13/h1-8,12H,9H2,(H3,17,19,22)(H,18,20,21). The van der Waals surface area contributed by atoms with Gasteiger partial charge in [-0.2, -0.15) is 0 Å². The number of benzene rings is 1. The van der Waals surface area contributed by atoms with Crippen LogP contribution in [0, 0.1) is 0 Å². The van der Waals surface area contributed by atoms with Crippen LogP contribution in [0.5, 0.6) is 0 Å². The number of anilines is 1. The molecule has 0 aliphatic heterocycles. The molecule has 0 aliphatic rings. The predicted molar refractivity (Wildman–Crippen MR) is 84.4 cm³/mol. The number of carbonyl (C=O) groups excluding carboxylic acids is 2. The van der Waals surface area contributed by atoms with Gasteiger partial charge in [-0.3, -0.25) is 4.79 Å². The van der Waals surface area contributed by atoms with Gasteiger partial charge in [0.25, 0.3) is 0 Å². The van der Waals surface area contributed by atoms with Gasteiger partial charge in [-0.05, 0) is 23.8 Å². The zero-order valence-electron chi connectivity index (χ0n) is 11.6. The minimum absolute atomic E-state index is 0.0107. The van der Waals surface area contributed by atoms with Crippen LogP contribution in [0.3, 0.4) is 0 Å². The fourth-order valence-corrected chi connectivity index (χ4v) is 2.25. The number of primary amides is 1. The molecule has 1 unspecified atom stereocenters. The van der Waals surface area contributed by atoms with E-state index in [1.165, 1.54) is 0 Å². The predicted octanol–water partition coefficient (Wildman–Crippen LogP) is 2.47. The van der Waals surface area contributed by atoms with Crippen molar-refractivity contribution in [2.45, 2.75) is 12.5 Å². The van der Waals surface area contributed by atoms with Crippen molar-refractivity contribution in [3.05, 3.63) is 59.2 Å². The van der Waals surface area contributed by atoms with Crippen LogP contribution in [0.15, 0.2) is 48.7 Å². The second-order valence-corrected chi connectivity index (χ2v) is 4.96. The van der Waals surface area contributed by atoms with Crippen LogP contribution in [0.4, 0.5) is 10.6 Å². The minimum atomic E-state index is -0.726. The highest BCUT2D eigenvalue weighted by Crippen LogP contribution is 2.25. The van der Waals surface area contributed by atoms with Gasteiger partial charge in [0, 0.05) is 11.2 Å². The van der Waals surface area contributed by atoms with E-state index in [-0.39, 0.29) is 12.3 Å². The number of nitrogens with one attached hydrogen (secondary N) is 2. The molecule has 2 rings (SSSR count). The largest absolute Gasteiger partial charge is 0.352 e. The average Bonchev–Trinajstić information content (AvgIpc) is 2.47. The van der Waals surface area contributed by atoms with Crippen molar-refractivity contribution >= 4 is 29.4 Å². The Balaban J connectivity index is 2.11. The van der Waals surface area contributed by atoms with Gasteiger partial charge in [0.1, 0.15) is 5.82 Å². The van der Waals surface area contributed by atoms with Crippen LogP contribution in [-0.4, -0.2) is 16.9 Å². The molecule has 0 bridgehead atoms. The van der Waals surface area contributed by atoms with E-state index in [2.05, 4.69) is 15.6 Å². The van der Waals surface area contributed by atoms with Crippen LogP contribution in [0.2, 0.25) is 5.02 Å². The Morgan fingerprint density at radius 1 is 1.18 bits per heavy atom. The maximum atomic E-state index is 12.1. The maximum Gasteiger partial charge on any atom is 0.312 e. The van der Waals surface area contributed by atoms with Crippen LogP contribution < -0.4 is 16.4 Å². The first kappa shape index (κ1) is 15.8. The minimum Gasteiger partial charge on any atom is -0.352 e. The van der Waals surface area contributed by atoms with Crippen molar-refractivity contribution in [3.8, 4) is 0 Å². The molecule has 0 aliphatic carbocycles. The highest BCUT2D eigenvalue weighted by atomic mass is 35.5. The summed E-state index contributed by atoms with van der Waals surface area (Å²) in [6, 6.07) is 10.8. The molecule has 114 valence electrons. The van der Waals surface area contributed by atoms with Crippen LogP contribution in [0.1, 0.15) is 18.0 Å². The van der Waals surface area contributed by atoms with E-state index >= 15 is 0 Å². The zero-order chi connectivity index (χ0) is 15.9. The number of pyridine rings is 1. The third-order valence-corrected chi connectivity index (χ3v) is 3.26. The van der Waals surface area contributed by atoms with Gasteiger partial charge in [0.15, 0.2) is 0 Å². The third kappa shape index (κ3) is 4.46. The Kier molecular flexibility index (Phi) is 5.32. The number of hydrogen-bond donors (Lipinski definition) is 3.